The van der Waals surface area contributed by atoms with Crippen LogP contribution in [0.2, 0.25) is 0 Å². The third-order valence-corrected chi connectivity index (χ3v) is 10.5. The molecule has 2 aliphatic heterocycles. The molecule has 2 aromatic heterocycles. The number of aromatic nitrogens is 4. The number of piperidine rings is 1. The number of benzene rings is 2. The van der Waals surface area contributed by atoms with E-state index in [9.17, 15) is 16.8 Å². The lowest BCUT2D eigenvalue weighted by atomic mass is 10.0. The molecule has 0 bridgehead atoms. The molecule has 0 aliphatic carbocycles. The van der Waals surface area contributed by atoms with Crippen molar-refractivity contribution in [3.63, 3.8) is 0 Å². The highest BCUT2D eigenvalue weighted by Crippen LogP contribution is 2.34. The maximum Gasteiger partial charge on any atom is 0.314 e. The Morgan fingerprint density at radius 1 is 0.953 bits per heavy atom. The highest BCUT2D eigenvalue weighted by Gasteiger charge is 2.30. The van der Waals surface area contributed by atoms with Crippen molar-refractivity contribution in [1.82, 2.24) is 28.5 Å². The summed E-state index contributed by atoms with van der Waals surface area (Å²) in [4.78, 5) is 6.89. The van der Waals surface area contributed by atoms with Crippen LogP contribution in [0.1, 0.15) is 36.6 Å². The summed E-state index contributed by atoms with van der Waals surface area (Å²) >= 11 is 3.49. The molecule has 0 unspecified atom stereocenters. The van der Waals surface area contributed by atoms with E-state index in [0.717, 1.165) is 84.2 Å². The monoisotopic (exact) mass is 690 g/mol. The van der Waals surface area contributed by atoms with Crippen molar-refractivity contribution in [2.45, 2.75) is 44.8 Å². The van der Waals surface area contributed by atoms with Crippen LogP contribution in [0.15, 0.2) is 53.0 Å². The standard InChI is InChI=1S/C29H35BrN6O5S2/c1-42(37,38)34-19-14-26-24(20-34)28(21-8-10-22(30)11-9-21)32-35(26)16-5-15-33-17-12-23(13-18-33)36-27-7-4-3-6-25(27)31-29(36)41-43(2,39)40/h3-4,6-11,23H,5,12-20H2,1-2H3. The van der Waals surface area contributed by atoms with Crippen LogP contribution in [-0.2, 0) is 39.7 Å². The number of hydrogen-bond acceptors (Lipinski definition) is 8. The molecule has 2 aliphatic rings. The van der Waals surface area contributed by atoms with Crippen LogP contribution in [0.3, 0.4) is 0 Å². The van der Waals surface area contributed by atoms with Crippen LogP contribution in [0, 0.1) is 0 Å². The normalized spacial score (nSPS) is 17.4. The number of rotatable bonds is 9. The molecule has 4 heterocycles. The molecule has 43 heavy (non-hydrogen) atoms. The minimum Gasteiger partial charge on any atom is -0.345 e. The van der Waals surface area contributed by atoms with E-state index in [0.29, 0.717) is 25.0 Å². The van der Waals surface area contributed by atoms with Crippen LogP contribution in [0.4, 0.5) is 0 Å². The number of nitrogens with zero attached hydrogens (tertiary/aromatic N) is 6. The molecule has 0 spiro atoms. The lowest BCUT2D eigenvalue weighted by molar-refractivity contribution is 0.180. The molecular formula is C29H35BrN6O5S2. The molecule has 4 aromatic rings. The fourth-order valence-corrected chi connectivity index (χ4v) is 7.63. The third kappa shape index (κ3) is 6.68. The Morgan fingerprint density at radius 2 is 1.67 bits per heavy atom. The largest absolute Gasteiger partial charge is 0.345 e. The van der Waals surface area contributed by atoms with Crippen LogP contribution in [0.5, 0.6) is 6.01 Å². The SMILES string of the molecule is CS(=O)(=O)Oc1nc2ccccc2n1C1CCN(CCCn2nc(-c3ccc(Br)cc3)c3c2CCN(S(C)(=O)=O)C3)CC1. The molecule has 0 atom stereocenters. The minimum absolute atomic E-state index is 0.0878. The number of sulfonamides is 1. The van der Waals surface area contributed by atoms with Crippen LogP contribution < -0.4 is 4.18 Å². The van der Waals surface area contributed by atoms with Crippen molar-refractivity contribution in [3.05, 3.63) is 64.3 Å². The van der Waals surface area contributed by atoms with E-state index in [2.05, 4.69) is 30.5 Å². The molecule has 1 saturated heterocycles. The molecular weight excluding hydrogens is 656 g/mol. The Hall–Kier alpha value is -2.78. The zero-order chi connectivity index (χ0) is 30.4. The van der Waals surface area contributed by atoms with E-state index in [-0.39, 0.29) is 12.1 Å². The molecule has 2 aromatic carbocycles. The highest BCUT2D eigenvalue weighted by molar-refractivity contribution is 9.10. The molecule has 0 amide bonds. The number of para-hydroxylation sites is 2. The van der Waals surface area contributed by atoms with E-state index < -0.39 is 20.1 Å². The molecule has 0 saturated carbocycles. The van der Waals surface area contributed by atoms with Gasteiger partial charge in [-0.2, -0.15) is 22.8 Å². The average molecular weight is 692 g/mol. The second-order valence-corrected chi connectivity index (χ2v) is 15.8. The fraction of sp³-hybridized carbons (Fsp3) is 0.448. The van der Waals surface area contributed by atoms with Gasteiger partial charge in [0, 0.05) is 66.5 Å². The van der Waals surface area contributed by atoms with Crippen LogP contribution in [0.25, 0.3) is 22.3 Å². The van der Waals surface area contributed by atoms with Gasteiger partial charge in [-0.15, -0.1) is 0 Å². The van der Waals surface area contributed by atoms with Gasteiger partial charge >= 0.3 is 16.1 Å². The van der Waals surface area contributed by atoms with E-state index in [1.54, 1.807) is 0 Å². The molecule has 6 rings (SSSR count). The Kier molecular flexibility index (Phi) is 8.41. The summed E-state index contributed by atoms with van der Waals surface area (Å²) < 4.78 is 60.3. The van der Waals surface area contributed by atoms with E-state index in [1.165, 1.54) is 10.6 Å². The number of halogens is 1. The smallest absolute Gasteiger partial charge is 0.314 e. The summed E-state index contributed by atoms with van der Waals surface area (Å²) in [5.74, 6) is 0. The van der Waals surface area contributed by atoms with Gasteiger partial charge in [0.1, 0.15) is 0 Å². The van der Waals surface area contributed by atoms with Crippen LogP contribution >= 0.6 is 15.9 Å². The van der Waals surface area contributed by atoms with Crippen LogP contribution in [-0.4, -0.2) is 84.1 Å². The highest BCUT2D eigenvalue weighted by atomic mass is 79.9. The van der Waals surface area contributed by atoms with E-state index >= 15 is 0 Å². The first-order valence-corrected chi connectivity index (χ1v) is 18.8. The van der Waals surface area contributed by atoms with Crippen molar-refractivity contribution < 1.29 is 21.0 Å². The Balaban J connectivity index is 1.13. The predicted molar refractivity (Wildman–Crippen MR) is 169 cm³/mol. The molecule has 14 heteroatoms. The van der Waals surface area contributed by atoms with Crippen molar-refractivity contribution >= 4 is 47.1 Å². The minimum atomic E-state index is -3.71. The first-order valence-electron chi connectivity index (χ1n) is 14.3. The lowest BCUT2D eigenvalue weighted by Crippen LogP contribution is -2.36. The third-order valence-electron chi connectivity index (χ3n) is 8.24. The van der Waals surface area contributed by atoms with Crippen molar-refractivity contribution in [2.24, 2.45) is 0 Å². The van der Waals surface area contributed by atoms with Gasteiger partial charge in [-0.1, -0.05) is 40.2 Å². The number of aryl methyl sites for hydroxylation is 1. The topological polar surface area (TPSA) is 120 Å². The van der Waals surface area contributed by atoms with Gasteiger partial charge in [0.2, 0.25) is 10.0 Å². The van der Waals surface area contributed by atoms with Gasteiger partial charge in [0.15, 0.2) is 0 Å². The van der Waals surface area contributed by atoms with Crippen molar-refractivity contribution in [3.8, 4) is 17.3 Å². The van der Waals surface area contributed by atoms with Gasteiger partial charge < -0.3 is 9.08 Å². The summed E-state index contributed by atoms with van der Waals surface area (Å²) in [6.45, 7) is 4.19. The van der Waals surface area contributed by atoms with Gasteiger partial charge in [0.25, 0.3) is 0 Å². The Bertz CT molecular complexity index is 1850. The van der Waals surface area contributed by atoms with Crippen molar-refractivity contribution in [2.75, 3.05) is 38.7 Å². The summed E-state index contributed by atoms with van der Waals surface area (Å²) in [6, 6.07) is 15.8. The Morgan fingerprint density at radius 3 is 2.37 bits per heavy atom. The lowest BCUT2D eigenvalue weighted by Gasteiger charge is -2.33. The first kappa shape index (κ1) is 30.3. The number of fused-ring (bicyclic) bond motifs is 2. The maximum atomic E-state index is 12.3. The Labute approximate surface area is 260 Å². The molecule has 0 N–H and O–H groups in total. The fourth-order valence-electron chi connectivity index (χ4n) is 6.19. The predicted octanol–water partition coefficient (Wildman–Crippen LogP) is 4.05. The van der Waals surface area contributed by atoms with Gasteiger partial charge in [-0.05, 0) is 50.1 Å². The number of likely N-dealkylation sites (tertiary alicyclic amines) is 1. The second-order valence-electron chi connectivity index (χ2n) is 11.3. The van der Waals surface area contributed by atoms with Crippen molar-refractivity contribution in [1.29, 1.82) is 0 Å². The molecule has 1 fully saturated rings. The molecule has 11 nitrogen and oxygen atoms in total. The molecule has 230 valence electrons. The van der Waals surface area contributed by atoms with Gasteiger partial charge in [-0.25, -0.2) is 8.42 Å². The second kappa shape index (κ2) is 12.0. The quantitative estimate of drug-likeness (QED) is 0.242. The van der Waals surface area contributed by atoms with E-state index in [4.69, 9.17) is 9.28 Å². The summed E-state index contributed by atoms with van der Waals surface area (Å²) in [6.07, 6.45) is 5.55. The van der Waals surface area contributed by atoms with Gasteiger partial charge in [-0.3, -0.25) is 9.25 Å². The first-order chi connectivity index (χ1) is 20.5. The maximum absolute atomic E-state index is 12.3. The zero-order valence-corrected chi connectivity index (χ0v) is 27.4. The van der Waals surface area contributed by atoms with Gasteiger partial charge in [0.05, 0.1) is 29.2 Å². The number of imidazole rings is 1. The zero-order valence-electron chi connectivity index (χ0n) is 24.2. The molecule has 0 radical (unpaired) electrons. The summed E-state index contributed by atoms with van der Waals surface area (Å²) in [5.41, 5.74) is 5.51. The number of hydrogen-bond donors (Lipinski definition) is 0. The summed E-state index contributed by atoms with van der Waals surface area (Å²) in [5, 5.41) is 4.99. The average Bonchev–Trinajstić information content (AvgIpc) is 3.50. The van der Waals surface area contributed by atoms with E-state index in [1.807, 2.05) is 53.1 Å². The summed E-state index contributed by atoms with van der Waals surface area (Å²) in [7, 11) is -7.01.